The van der Waals surface area contributed by atoms with Crippen LogP contribution in [0.1, 0.15) is 17.0 Å². The molecule has 2 aromatic rings. The molecule has 0 radical (unpaired) electrons. The largest absolute Gasteiger partial charge is 0.495 e. The molecule has 0 fully saturated rings. The van der Waals surface area contributed by atoms with E-state index in [1.165, 1.54) is 0 Å². The van der Waals surface area contributed by atoms with Crippen LogP contribution < -0.4 is 15.8 Å². The summed E-state index contributed by atoms with van der Waals surface area (Å²) < 4.78 is 12.2. The van der Waals surface area contributed by atoms with Gasteiger partial charge in [-0.3, -0.25) is 4.68 Å². The standard InChI is InChI=1S/C17H24ClN5O2/c1-11-14(12(2)23(22-11)7-8-24-3)10-20-17(19)21-13-5-6-16(25-4)15(18)9-13/h5-6,9H,7-8,10H2,1-4H3,(H3,19,20,21). The number of methoxy groups -OCH3 is 2. The second-order valence-corrected chi connectivity index (χ2v) is 5.95. The van der Waals surface area contributed by atoms with E-state index in [0.717, 1.165) is 22.6 Å². The van der Waals surface area contributed by atoms with Crippen LogP contribution in [0.5, 0.6) is 5.75 Å². The van der Waals surface area contributed by atoms with Gasteiger partial charge in [0.25, 0.3) is 0 Å². The van der Waals surface area contributed by atoms with Crippen molar-refractivity contribution in [3.63, 3.8) is 0 Å². The molecule has 0 atom stereocenters. The van der Waals surface area contributed by atoms with Gasteiger partial charge in [-0.25, -0.2) is 4.99 Å². The molecule has 2 rings (SSSR count). The van der Waals surface area contributed by atoms with Crippen molar-refractivity contribution in [1.82, 2.24) is 9.78 Å². The number of hydrogen-bond donors (Lipinski definition) is 2. The van der Waals surface area contributed by atoms with Crippen molar-refractivity contribution >= 4 is 23.2 Å². The van der Waals surface area contributed by atoms with Crippen LogP contribution in [0.3, 0.4) is 0 Å². The number of halogens is 1. The van der Waals surface area contributed by atoms with E-state index in [1.54, 1.807) is 26.4 Å². The van der Waals surface area contributed by atoms with Crippen molar-refractivity contribution in [2.24, 2.45) is 10.7 Å². The molecule has 0 bridgehead atoms. The molecule has 0 spiro atoms. The Morgan fingerprint density at radius 3 is 2.76 bits per heavy atom. The highest BCUT2D eigenvalue weighted by atomic mass is 35.5. The maximum absolute atomic E-state index is 6.10. The molecule has 1 heterocycles. The van der Waals surface area contributed by atoms with Crippen LogP contribution in [0.25, 0.3) is 0 Å². The Labute approximate surface area is 152 Å². The van der Waals surface area contributed by atoms with E-state index in [0.29, 0.717) is 36.4 Å². The topological polar surface area (TPSA) is 86.7 Å². The SMILES string of the molecule is COCCn1nc(C)c(CN=C(N)Nc2ccc(OC)c(Cl)c2)c1C. The molecular weight excluding hydrogens is 342 g/mol. The Hall–Kier alpha value is -2.25. The number of aliphatic imine (C=N–C) groups is 1. The molecule has 0 aliphatic carbocycles. The van der Waals surface area contributed by atoms with E-state index in [2.05, 4.69) is 15.4 Å². The number of aromatic nitrogens is 2. The van der Waals surface area contributed by atoms with Gasteiger partial charge in [0.15, 0.2) is 5.96 Å². The molecular formula is C17H24ClN5O2. The minimum absolute atomic E-state index is 0.310. The van der Waals surface area contributed by atoms with E-state index in [4.69, 9.17) is 26.8 Å². The first-order valence-electron chi connectivity index (χ1n) is 7.88. The Morgan fingerprint density at radius 1 is 1.36 bits per heavy atom. The normalized spacial score (nSPS) is 11.6. The Bertz CT molecular complexity index is 758. The van der Waals surface area contributed by atoms with E-state index >= 15 is 0 Å². The number of nitrogens with one attached hydrogen (secondary N) is 1. The highest BCUT2D eigenvalue weighted by molar-refractivity contribution is 6.32. The number of guanidine groups is 1. The van der Waals surface area contributed by atoms with Crippen molar-refractivity contribution < 1.29 is 9.47 Å². The lowest BCUT2D eigenvalue weighted by Gasteiger charge is -2.08. The van der Waals surface area contributed by atoms with Crippen LogP contribution in [0, 0.1) is 13.8 Å². The first-order valence-corrected chi connectivity index (χ1v) is 8.26. The van der Waals surface area contributed by atoms with Crippen molar-refractivity contribution in [2.45, 2.75) is 26.9 Å². The number of benzene rings is 1. The van der Waals surface area contributed by atoms with E-state index in [9.17, 15) is 0 Å². The third-order valence-corrected chi connectivity index (χ3v) is 4.17. The zero-order valence-corrected chi connectivity index (χ0v) is 15.7. The molecule has 7 nitrogen and oxygen atoms in total. The predicted molar refractivity (Wildman–Crippen MR) is 101 cm³/mol. The van der Waals surface area contributed by atoms with Crippen molar-refractivity contribution in [3.8, 4) is 5.75 Å². The van der Waals surface area contributed by atoms with Gasteiger partial charge in [-0.2, -0.15) is 5.10 Å². The lowest BCUT2D eigenvalue weighted by atomic mass is 10.2. The van der Waals surface area contributed by atoms with Crippen molar-refractivity contribution in [2.75, 3.05) is 26.1 Å². The van der Waals surface area contributed by atoms with E-state index in [-0.39, 0.29) is 0 Å². The number of nitrogens with two attached hydrogens (primary N) is 1. The highest BCUT2D eigenvalue weighted by Gasteiger charge is 2.11. The smallest absolute Gasteiger partial charge is 0.193 e. The number of rotatable bonds is 7. The molecule has 1 aromatic carbocycles. The highest BCUT2D eigenvalue weighted by Crippen LogP contribution is 2.27. The molecule has 0 saturated heterocycles. The lowest BCUT2D eigenvalue weighted by Crippen LogP contribution is -2.22. The summed E-state index contributed by atoms with van der Waals surface area (Å²) in [6, 6.07) is 5.33. The van der Waals surface area contributed by atoms with Crippen LogP contribution in [0.4, 0.5) is 5.69 Å². The fraction of sp³-hybridized carbons (Fsp3) is 0.412. The Morgan fingerprint density at radius 2 is 2.12 bits per heavy atom. The fourth-order valence-electron chi connectivity index (χ4n) is 2.45. The van der Waals surface area contributed by atoms with Gasteiger partial charge in [0.05, 0.1) is 37.5 Å². The molecule has 0 aliphatic heterocycles. The molecule has 0 unspecified atom stereocenters. The van der Waals surface area contributed by atoms with Gasteiger partial charge in [-0.15, -0.1) is 0 Å². The average Bonchev–Trinajstić information content (AvgIpc) is 2.85. The van der Waals surface area contributed by atoms with E-state index in [1.807, 2.05) is 24.6 Å². The quantitative estimate of drug-likeness (QED) is 0.582. The summed E-state index contributed by atoms with van der Waals surface area (Å²) in [5.41, 5.74) is 9.80. The van der Waals surface area contributed by atoms with Gasteiger partial charge in [0.2, 0.25) is 0 Å². The second-order valence-electron chi connectivity index (χ2n) is 5.54. The molecule has 0 amide bonds. The first kappa shape index (κ1) is 19.1. The Balaban J connectivity index is 2.06. The minimum Gasteiger partial charge on any atom is -0.495 e. The zero-order chi connectivity index (χ0) is 18.4. The molecule has 136 valence electrons. The van der Waals surface area contributed by atoms with Crippen molar-refractivity contribution in [1.29, 1.82) is 0 Å². The summed E-state index contributed by atoms with van der Waals surface area (Å²) in [4.78, 5) is 4.40. The van der Waals surface area contributed by atoms with Gasteiger partial charge >= 0.3 is 0 Å². The molecule has 25 heavy (non-hydrogen) atoms. The molecule has 0 saturated carbocycles. The third kappa shape index (κ3) is 4.87. The number of aryl methyl sites for hydroxylation is 1. The van der Waals surface area contributed by atoms with E-state index < -0.39 is 0 Å². The van der Waals surface area contributed by atoms with Crippen LogP contribution in [0.2, 0.25) is 5.02 Å². The van der Waals surface area contributed by atoms with Crippen LogP contribution >= 0.6 is 11.6 Å². The molecule has 8 heteroatoms. The van der Waals surface area contributed by atoms with Crippen LogP contribution in [-0.4, -0.2) is 36.6 Å². The van der Waals surface area contributed by atoms with Gasteiger partial charge in [0, 0.05) is 24.1 Å². The maximum atomic E-state index is 6.10. The first-order chi connectivity index (χ1) is 12.0. The van der Waals surface area contributed by atoms with Gasteiger partial charge in [-0.1, -0.05) is 11.6 Å². The van der Waals surface area contributed by atoms with Crippen molar-refractivity contribution in [3.05, 3.63) is 40.2 Å². The van der Waals surface area contributed by atoms with Crippen LogP contribution in [0.15, 0.2) is 23.2 Å². The van der Waals surface area contributed by atoms with Gasteiger partial charge < -0.3 is 20.5 Å². The monoisotopic (exact) mass is 365 g/mol. The summed E-state index contributed by atoms with van der Waals surface area (Å²) in [5.74, 6) is 0.919. The van der Waals surface area contributed by atoms with Crippen LogP contribution in [-0.2, 0) is 17.8 Å². The zero-order valence-electron chi connectivity index (χ0n) is 15.0. The number of ether oxygens (including phenoxy) is 2. The maximum Gasteiger partial charge on any atom is 0.193 e. The summed E-state index contributed by atoms with van der Waals surface area (Å²) in [6.07, 6.45) is 0. The summed E-state index contributed by atoms with van der Waals surface area (Å²) in [5, 5.41) is 8.05. The number of nitrogens with zero attached hydrogens (tertiary/aromatic N) is 3. The summed E-state index contributed by atoms with van der Waals surface area (Å²) >= 11 is 6.10. The molecule has 0 aliphatic rings. The summed E-state index contributed by atoms with van der Waals surface area (Å²) in [7, 11) is 3.25. The third-order valence-electron chi connectivity index (χ3n) is 3.87. The number of hydrogen-bond acceptors (Lipinski definition) is 4. The number of anilines is 1. The second kappa shape index (κ2) is 8.73. The lowest BCUT2D eigenvalue weighted by molar-refractivity contribution is 0.182. The fourth-order valence-corrected chi connectivity index (χ4v) is 2.71. The predicted octanol–water partition coefficient (Wildman–Crippen LogP) is 2.74. The average molecular weight is 366 g/mol. The summed E-state index contributed by atoms with van der Waals surface area (Å²) in [6.45, 7) is 5.77. The Kier molecular flexibility index (Phi) is 6.66. The molecule has 3 N–H and O–H groups in total. The van der Waals surface area contributed by atoms with Gasteiger partial charge in [0.1, 0.15) is 5.75 Å². The minimum atomic E-state index is 0.310. The van der Waals surface area contributed by atoms with Gasteiger partial charge in [-0.05, 0) is 32.0 Å². The molecule has 1 aromatic heterocycles.